The zero-order valence-electron chi connectivity index (χ0n) is 43.0. The minimum Gasteiger partial charge on any atom is -0.458 e. The predicted molar refractivity (Wildman–Crippen MR) is 249 cm³/mol. The minimum atomic E-state index is -2.55. The number of rotatable bonds is 15. The van der Waals surface area contributed by atoms with Crippen LogP contribution in [-0.4, -0.2) is 137 Å². The van der Waals surface area contributed by atoms with E-state index in [1.807, 2.05) is 27.9 Å². The number of aliphatic hydroxyl groups is 1. The van der Waals surface area contributed by atoms with Gasteiger partial charge in [0.15, 0.2) is 34.6 Å². The summed E-state index contributed by atoms with van der Waals surface area (Å²) < 4.78 is 76.4. The molecule has 17 heteroatoms. The number of halogens is 1. The van der Waals surface area contributed by atoms with E-state index in [0.29, 0.717) is 6.42 Å². The van der Waals surface area contributed by atoms with Crippen LogP contribution >= 0.6 is 0 Å². The first kappa shape index (κ1) is 56.5. The molecule has 3 aliphatic rings. The molecule has 3 fully saturated rings. The van der Waals surface area contributed by atoms with E-state index in [1.54, 1.807) is 48.5 Å². The molecule has 14 nitrogen and oxygen atoms in total. The van der Waals surface area contributed by atoms with Crippen molar-refractivity contribution in [1.82, 2.24) is 4.90 Å². The lowest BCUT2D eigenvalue weighted by Gasteiger charge is -2.51. The third-order valence-corrected chi connectivity index (χ3v) is 24.1. The van der Waals surface area contributed by atoms with Gasteiger partial charge >= 0.3 is 18.3 Å². The van der Waals surface area contributed by atoms with E-state index < -0.39 is 124 Å². The Bertz CT molecular complexity index is 1520. The molecule has 3 saturated heterocycles. The highest BCUT2D eigenvalue weighted by Gasteiger charge is 2.62. The summed E-state index contributed by atoms with van der Waals surface area (Å²) in [6.45, 7) is 31.0. The van der Waals surface area contributed by atoms with Crippen LogP contribution in [0.3, 0.4) is 0 Å². The summed E-state index contributed by atoms with van der Waals surface area (Å²) in [6.07, 6.45) is -10.0. The molecule has 0 saturated carbocycles. The third-order valence-electron chi connectivity index (χ3n) is 14.9. The van der Waals surface area contributed by atoms with Crippen molar-refractivity contribution in [3.8, 4) is 0 Å². The van der Waals surface area contributed by atoms with Crippen LogP contribution in [0, 0.1) is 17.8 Å². The molecule has 1 N–H and O–H groups in total. The third kappa shape index (κ3) is 12.8. The molecule has 0 spiro atoms. The Kier molecular flexibility index (Phi) is 19.4. The minimum absolute atomic E-state index is 0.124. The Hall–Kier alpha value is -1.87. The maximum atomic E-state index is 18.4. The quantitative estimate of drug-likeness (QED) is 0.0939. The van der Waals surface area contributed by atoms with Gasteiger partial charge in [0.05, 0.1) is 29.8 Å². The van der Waals surface area contributed by atoms with Crippen molar-refractivity contribution in [3.63, 3.8) is 0 Å². The van der Waals surface area contributed by atoms with Crippen LogP contribution in [0.1, 0.15) is 137 Å². The molecule has 0 aromatic heterocycles. The van der Waals surface area contributed by atoms with Gasteiger partial charge in [-0.05, 0) is 119 Å². The van der Waals surface area contributed by atoms with Gasteiger partial charge in [0.25, 0.3) is 0 Å². The molecule has 3 rings (SSSR count). The maximum absolute atomic E-state index is 18.4. The molecule has 0 aromatic rings. The summed E-state index contributed by atoms with van der Waals surface area (Å²) >= 11 is 0. The fraction of sp³-hybridized carbons (Fsp3) is 0.936. The first-order valence-electron chi connectivity index (χ1n) is 24.2. The zero-order chi connectivity index (χ0) is 49.0. The maximum Gasteiger partial charge on any atom is 0.509 e. The van der Waals surface area contributed by atoms with Crippen molar-refractivity contribution in [2.75, 3.05) is 14.1 Å². The van der Waals surface area contributed by atoms with Gasteiger partial charge in [-0.1, -0.05) is 62.3 Å². The topological polar surface area (TPSA) is 158 Å². The highest BCUT2D eigenvalue weighted by Crippen LogP contribution is 2.47. The number of carbonyl (C=O) groups is 3. The van der Waals surface area contributed by atoms with Gasteiger partial charge in [0.1, 0.15) is 29.6 Å². The molecule has 15 atom stereocenters. The Morgan fingerprint density at radius 1 is 0.828 bits per heavy atom. The van der Waals surface area contributed by atoms with Gasteiger partial charge in [-0.3, -0.25) is 4.79 Å². The molecule has 0 bridgehead atoms. The lowest BCUT2D eigenvalue weighted by Crippen LogP contribution is -2.64. The number of hydrogen-bond donors (Lipinski definition) is 1. The Morgan fingerprint density at radius 3 is 1.81 bits per heavy atom. The molecule has 0 unspecified atom stereocenters. The van der Waals surface area contributed by atoms with Crippen LogP contribution in [0.4, 0.5) is 14.0 Å². The second-order valence-electron chi connectivity index (χ2n) is 21.0. The summed E-state index contributed by atoms with van der Waals surface area (Å²) in [5, 5.41) is 13.2. The fourth-order valence-corrected chi connectivity index (χ4v) is 16.6. The highest BCUT2D eigenvalue weighted by atomic mass is 28.4. The highest BCUT2D eigenvalue weighted by molar-refractivity contribution is 6.74. The van der Waals surface area contributed by atoms with Crippen molar-refractivity contribution in [2.24, 2.45) is 17.8 Å². The average molecular weight is 950 g/mol. The summed E-state index contributed by atoms with van der Waals surface area (Å²) in [7, 11) is -0.843. The van der Waals surface area contributed by atoms with E-state index in [9.17, 15) is 19.5 Å². The summed E-state index contributed by atoms with van der Waals surface area (Å²) in [4.78, 5) is 43.6. The smallest absolute Gasteiger partial charge is 0.458 e. The summed E-state index contributed by atoms with van der Waals surface area (Å²) in [5.74, 6) is -3.47. The number of esters is 1. The summed E-state index contributed by atoms with van der Waals surface area (Å²) in [6, 6.07) is 4.76. The number of fused-ring (bicyclic) bond motifs is 1. The molecule has 374 valence electrons. The second-order valence-corrected chi connectivity index (χ2v) is 30.5. The molecule has 0 radical (unpaired) electrons. The van der Waals surface area contributed by atoms with E-state index >= 15 is 4.39 Å². The molecule has 0 aromatic carbocycles. The number of nitrogens with zero attached hydrogens (tertiary/aromatic N) is 1. The van der Waals surface area contributed by atoms with Gasteiger partial charge in [0, 0.05) is 24.3 Å². The van der Waals surface area contributed by atoms with Crippen LogP contribution in [0.25, 0.3) is 0 Å². The number of cyclic esters (lactones) is 1. The van der Waals surface area contributed by atoms with Crippen LogP contribution in [-0.2, 0) is 46.8 Å². The lowest BCUT2D eigenvalue weighted by molar-refractivity contribution is -0.298. The van der Waals surface area contributed by atoms with Gasteiger partial charge in [-0.25, -0.2) is 14.0 Å². The number of hydrogen-bond acceptors (Lipinski definition) is 14. The van der Waals surface area contributed by atoms with Crippen molar-refractivity contribution in [1.29, 1.82) is 0 Å². The normalized spacial score (nSPS) is 38.4. The van der Waals surface area contributed by atoms with Gasteiger partial charge in [-0.2, -0.15) is 0 Å². The fourth-order valence-electron chi connectivity index (χ4n) is 10.7. The number of carbonyl (C=O) groups excluding carboxylic acids is 3. The van der Waals surface area contributed by atoms with E-state index in [-0.39, 0.29) is 18.6 Å². The molecule has 3 heterocycles. The van der Waals surface area contributed by atoms with E-state index in [4.69, 9.17) is 42.0 Å². The monoisotopic (exact) mass is 950 g/mol. The van der Waals surface area contributed by atoms with E-state index in [1.165, 1.54) is 13.8 Å². The second kappa shape index (κ2) is 22.0. The van der Waals surface area contributed by atoms with E-state index in [0.717, 1.165) is 36.3 Å². The molecule has 0 aliphatic carbocycles. The van der Waals surface area contributed by atoms with E-state index in [2.05, 4.69) is 46.4 Å². The zero-order valence-corrected chi connectivity index (χ0v) is 45.0. The van der Waals surface area contributed by atoms with Crippen LogP contribution in [0.15, 0.2) is 0 Å². The lowest BCUT2D eigenvalue weighted by atomic mass is 9.72. The largest absolute Gasteiger partial charge is 0.509 e. The molecule has 64 heavy (non-hydrogen) atoms. The molecule has 0 amide bonds. The predicted octanol–water partition coefficient (Wildman–Crippen LogP) is 9.94. The first-order valence-corrected chi connectivity index (χ1v) is 29.3. The van der Waals surface area contributed by atoms with Crippen molar-refractivity contribution in [3.05, 3.63) is 0 Å². The molecular weight excluding hydrogens is 862 g/mol. The SMILES string of the molecule is CC[C@H]1OC(=O)[C@H](C)[C@@H](O[Si](CC)(CC)CC)[C@H](C)[C@@H](O[C@@H]2O[C@H](C)C[C@H](N(C)C)[C@H]2O[Si](CC)(CC)CC)[C@](C)(O)C[C@](C)(F)[C@H](OC(=O)OC(C)(C)C)[C@H](C)[C@H]2OC(=O)O[C@@]21C. The van der Waals surface area contributed by atoms with Crippen LogP contribution in [0.2, 0.25) is 36.3 Å². The van der Waals surface area contributed by atoms with Crippen molar-refractivity contribution in [2.45, 2.75) is 251 Å². The van der Waals surface area contributed by atoms with Gasteiger partial charge in [0.2, 0.25) is 0 Å². The number of alkyl halides is 1. The first-order chi connectivity index (χ1) is 29.5. The standard InChI is InChI=1S/C47H88FNO13Si2/c1-20-34-47(17)39(58-43(52)60-47)32(11)37(57-42(51)59-44(12,13)14)45(15,48)28-46(16,53)38(30(9)35(31(10)40(50)55-34)61-63(21-2,22-3)23-4)56-41-36(62-64(24-5,25-6)26-7)33(49(18)19)27-29(8)54-41/h29-39,41,53H,20-28H2,1-19H3/t29-,30+,31-,32+,33+,34-,35+,36-,37-,38-,39-,41+,45+,46-,47-/m1/s1. The number of likely N-dealkylation sites (N-methyl/N-ethyl adjacent to an activating group) is 1. The van der Waals surface area contributed by atoms with Crippen molar-refractivity contribution < 1.29 is 65.9 Å². The van der Waals surface area contributed by atoms with Crippen LogP contribution < -0.4 is 0 Å². The van der Waals surface area contributed by atoms with Gasteiger partial charge in [-0.15, -0.1) is 0 Å². The van der Waals surface area contributed by atoms with Gasteiger partial charge < -0.3 is 52.0 Å². The van der Waals surface area contributed by atoms with Crippen LogP contribution in [0.5, 0.6) is 0 Å². The Morgan fingerprint density at radius 2 is 1.34 bits per heavy atom. The summed E-state index contributed by atoms with van der Waals surface area (Å²) in [5.41, 5.74) is -7.26. The molecular formula is C47H88FNO13Si2. The molecule has 3 aliphatic heterocycles. The number of ether oxygens (including phenoxy) is 7. The van der Waals surface area contributed by atoms with Crippen molar-refractivity contribution >= 4 is 34.9 Å². The Balaban J connectivity index is 2.43. The average Bonchev–Trinajstić information content (AvgIpc) is 3.53. The Labute approximate surface area is 387 Å².